The summed E-state index contributed by atoms with van der Waals surface area (Å²) in [5.74, 6) is 1.33. The summed E-state index contributed by atoms with van der Waals surface area (Å²) in [6.45, 7) is 7.00. The number of aryl methyl sites for hydroxylation is 2. The fourth-order valence-corrected chi connectivity index (χ4v) is 4.52. The molecule has 0 unspecified atom stereocenters. The van der Waals surface area contributed by atoms with Crippen LogP contribution in [-0.2, 0) is 18.0 Å². The highest BCUT2D eigenvalue weighted by molar-refractivity contribution is 9.10. The lowest BCUT2D eigenvalue weighted by atomic mass is 10.1. The second-order valence-corrected chi connectivity index (χ2v) is 10.3. The summed E-state index contributed by atoms with van der Waals surface area (Å²) in [7, 11) is 0. The van der Waals surface area contributed by atoms with Gasteiger partial charge in [0.05, 0.1) is 6.61 Å². The molecular formula is C34H31BrN2O4. The van der Waals surface area contributed by atoms with Gasteiger partial charge in [0.15, 0.2) is 11.5 Å². The van der Waals surface area contributed by atoms with Crippen LogP contribution in [0.4, 0.5) is 5.69 Å². The monoisotopic (exact) mass is 610 g/mol. The molecule has 0 fully saturated rings. The van der Waals surface area contributed by atoms with Gasteiger partial charge in [-0.1, -0.05) is 70.0 Å². The van der Waals surface area contributed by atoms with E-state index in [1.54, 1.807) is 6.07 Å². The van der Waals surface area contributed by atoms with Gasteiger partial charge in [-0.05, 0) is 79.9 Å². The summed E-state index contributed by atoms with van der Waals surface area (Å²) in [6, 6.07) is 28.8. The number of hydrogen-bond donors (Lipinski definition) is 1. The highest BCUT2D eigenvalue weighted by Gasteiger charge is 2.14. The number of nitrogens with one attached hydrogen (secondary N) is 1. The lowest BCUT2D eigenvalue weighted by Gasteiger charge is -2.15. The highest BCUT2D eigenvalue weighted by atomic mass is 79.9. The van der Waals surface area contributed by atoms with E-state index in [0.717, 1.165) is 26.7 Å². The van der Waals surface area contributed by atoms with E-state index in [-0.39, 0.29) is 12.2 Å². The van der Waals surface area contributed by atoms with Crippen LogP contribution < -0.4 is 19.5 Å². The molecule has 0 heterocycles. The Balaban J connectivity index is 1.50. The first-order valence-corrected chi connectivity index (χ1v) is 14.0. The molecule has 1 amide bonds. The van der Waals surface area contributed by atoms with E-state index < -0.39 is 5.91 Å². The molecule has 0 saturated carbocycles. The Morgan fingerprint density at radius 3 is 2.32 bits per heavy atom. The molecule has 0 spiro atoms. The van der Waals surface area contributed by atoms with Crippen LogP contribution >= 0.6 is 15.9 Å². The predicted molar refractivity (Wildman–Crippen MR) is 165 cm³/mol. The summed E-state index contributed by atoms with van der Waals surface area (Å²) >= 11 is 3.48. The maximum Gasteiger partial charge on any atom is 0.266 e. The van der Waals surface area contributed by atoms with Crippen LogP contribution in [0.3, 0.4) is 0 Å². The van der Waals surface area contributed by atoms with Gasteiger partial charge in [-0.3, -0.25) is 4.79 Å². The van der Waals surface area contributed by atoms with Crippen LogP contribution in [-0.4, -0.2) is 12.5 Å². The number of benzene rings is 4. The van der Waals surface area contributed by atoms with Crippen molar-refractivity contribution in [2.75, 3.05) is 11.9 Å². The number of nitriles is 1. The standard InChI is InChI=1S/C34H31BrN2O4/c1-4-39-33-17-26(11-14-32(33)41-21-25-8-6-5-7-9-25)22-40-31-15-12-29(35)19-27(31)18-28(20-36)34(38)37-30-13-10-23(2)16-24(30)3/h5-19H,4,21-22H2,1-3H3,(H,37,38)/b28-18+. The van der Waals surface area contributed by atoms with E-state index in [2.05, 4.69) is 21.2 Å². The first kappa shape index (κ1) is 29.4. The molecule has 1 N–H and O–H groups in total. The van der Waals surface area contributed by atoms with E-state index >= 15 is 0 Å². The minimum absolute atomic E-state index is 0.0357. The molecular weight excluding hydrogens is 580 g/mol. The molecule has 0 aliphatic carbocycles. The SMILES string of the molecule is CCOc1cc(COc2ccc(Br)cc2/C=C(\C#N)C(=O)Nc2ccc(C)cc2C)ccc1OCc1ccccc1. The van der Waals surface area contributed by atoms with Crippen LogP contribution in [0.15, 0.2) is 95.0 Å². The Hall–Kier alpha value is -4.54. The Morgan fingerprint density at radius 1 is 0.854 bits per heavy atom. The molecule has 6 nitrogen and oxygen atoms in total. The summed E-state index contributed by atoms with van der Waals surface area (Å²) in [5.41, 5.74) is 5.18. The van der Waals surface area contributed by atoms with Gasteiger partial charge in [-0.25, -0.2) is 0 Å². The van der Waals surface area contributed by atoms with Crippen molar-refractivity contribution in [1.82, 2.24) is 0 Å². The van der Waals surface area contributed by atoms with Crippen molar-refractivity contribution in [2.24, 2.45) is 0 Å². The van der Waals surface area contributed by atoms with Crippen molar-refractivity contribution < 1.29 is 19.0 Å². The van der Waals surface area contributed by atoms with Gasteiger partial charge < -0.3 is 19.5 Å². The van der Waals surface area contributed by atoms with Crippen LogP contribution in [0.1, 0.15) is 34.7 Å². The number of carbonyl (C=O) groups excluding carboxylic acids is 1. The molecule has 0 aliphatic rings. The summed E-state index contributed by atoms with van der Waals surface area (Å²) < 4.78 is 18.8. The van der Waals surface area contributed by atoms with E-state index in [9.17, 15) is 10.1 Å². The van der Waals surface area contributed by atoms with Crippen molar-refractivity contribution in [2.45, 2.75) is 34.0 Å². The van der Waals surface area contributed by atoms with E-state index in [4.69, 9.17) is 14.2 Å². The van der Waals surface area contributed by atoms with E-state index in [0.29, 0.717) is 41.7 Å². The zero-order chi connectivity index (χ0) is 29.2. The normalized spacial score (nSPS) is 11.0. The zero-order valence-electron chi connectivity index (χ0n) is 23.2. The maximum absolute atomic E-state index is 13.0. The molecule has 208 valence electrons. The maximum atomic E-state index is 13.0. The highest BCUT2D eigenvalue weighted by Crippen LogP contribution is 2.31. The van der Waals surface area contributed by atoms with Crippen LogP contribution in [0, 0.1) is 25.2 Å². The van der Waals surface area contributed by atoms with Crippen molar-refractivity contribution in [1.29, 1.82) is 5.26 Å². The third-order valence-corrected chi connectivity index (χ3v) is 6.70. The Labute approximate surface area is 249 Å². The molecule has 0 bridgehead atoms. The minimum atomic E-state index is -0.488. The quantitative estimate of drug-likeness (QED) is 0.137. The summed E-state index contributed by atoms with van der Waals surface area (Å²) in [5, 5.41) is 12.6. The molecule has 41 heavy (non-hydrogen) atoms. The van der Waals surface area contributed by atoms with Gasteiger partial charge in [0.25, 0.3) is 5.91 Å². The number of hydrogen-bond acceptors (Lipinski definition) is 5. The van der Waals surface area contributed by atoms with Crippen molar-refractivity contribution in [3.63, 3.8) is 0 Å². The largest absolute Gasteiger partial charge is 0.490 e. The molecule has 7 heteroatoms. The Morgan fingerprint density at radius 2 is 1.59 bits per heavy atom. The summed E-state index contributed by atoms with van der Waals surface area (Å²) in [4.78, 5) is 13.0. The van der Waals surface area contributed by atoms with E-state index in [1.165, 1.54) is 6.08 Å². The first-order valence-electron chi connectivity index (χ1n) is 13.2. The number of carbonyl (C=O) groups is 1. The van der Waals surface area contributed by atoms with Crippen LogP contribution in [0.5, 0.6) is 17.2 Å². The number of amides is 1. The smallest absolute Gasteiger partial charge is 0.266 e. The number of halogens is 1. The van der Waals surface area contributed by atoms with E-state index in [1.807, 2.05) is 106 Å². The van der Waals surface area contributed by atoms with Crippen molar-refractivity contribution in [3.8, 4) is 23.3 Å². The topological polar surface area (TPSA) is 80.6 Å². The number of nitrogens with zero attached hydrogens (tertiary/aromatic N) is 1. The predicted octanol–water partition coefficient (Wildman–Crippen LogP) is 8.17. The molecule has 0 radical (unpaired) electrons. The average Bonchev–Trinajstić information content (AvgIpc) is 2.97. The second-order valence-electron chi connectivity index (χ2n) is 9.40. The lowest BCUT2D eigenvalue weighted by Crippen LogP contribution is -2.14. The molecule has 0 atom stereocenters. The molecule has 4 aromatic carbocycles. The minimum Gasteiger partial charge on any atom is -0.490 e. The molecule has 0 aliphatic heterocycles. The molecule has 4 rings (SSSR count). The van der Waals surface area contributed by atoms with Gasteiger partial charge >= 0.3 is 0 Å². The summed E-state index contributed by atoms with van der Waals surface area (Å²) in [6.07, 6.45) is 1.53. The number of anilines is 1. The van der Waals surface area contributed by atoms with Crippen molar-refractivity contribution >= 4 is 33.6 Å². The van der Waals surface area contributed by atoms with Crippen LogP contribution in [0.25, 0.3) is 6.08 Å². The third kappa shape index (κ3) is 8.23. The lowest BCUT2D eigenvalue weighted by molar-refractivity contribution is -0.112. The van der Waals surface area contributed by atoms with Crippen molar-refractivity contribution in [3.05, 3.63) is 123 Å². The molecule has 0 aromatic heterocycles. The van der Waals surface area contributed by atoms with Gasteiger partial charge in [0.2, 0.25) is 0 Å². The van der Waals surface area contributed by atoms with Gasteiger partial charge in [0.1, 0.15) is 30.6 Å². The average molecular weight is 612 g/mol. The third-order valence-electron chi connectivity index (χ3n) is 6.21. The Kier molecular flexibility index (Phi) is 10.2. The zero-order valence-corrected chi connectivity index (χ0v) is 24.8. The number of ether oxygens (including phenoxy) is 3. The number of rotatable bonds is 11. The first-order chi connectivity index (χ1) is 19.9. The Bertz CT molecular complexity index is 1590. The van der Waals surface area contributed by atoms with Crippen LogP contribution in [0.2, 0.25) is 0 Å². The molecule has 4 aromatic rings. The van der Waals surface area contributed by atoms with Gasteiger partial charge in [-0.15, -0.1) is 0 Å². The fraction of sp³-hybridized carbons (Fsp3) is 0.176. The van der Waals surface area contributed by atoms with Gasteiger partial charge in [-0.2, -0.15) is 5.26 Å². The second kappa shape index (κ2) is 14.2. The fourth-order valence-electron chi connectivity index (χ4n) is 4.14. The van der Waals surface area contributed by atoms with Gasteiger partial charge in [0, 0.05) is 15.7 Å². The molecule has 0 saturated heterocycles.